The summed E-state index contributed by atoms with van der Waals surface area (Å²) < 4.78 is 0. The lowest BCUT2D eigenvalue weighted by molar-refractivity contribution is 0.622. The van der Waals surface area contributed by atoms with Crippen LogP contribution in [-0.4, -0.2) is 19.6 Å². The lowest BCUT2D eigenvalue weighted by Gasteiger charge is -2.24. The number of fused-ring (bicyclic) bond motifs is 1. The Labute approximate surface area is 125 Å². The third-order valence-corrected chi connectivity index (χ3v) is 4.12. The molecule has 1 unspecified atom stereocenters. The molecular formula is C17H19ClN2. The van der Waals surface area contributed by atoms with Gasteiger partial charge in [-0.05, 0) is 36.2 Å². The number of likely N-dealkylation sites (N-methyl/N-ethyl adjacent to an activating group) is 1. The molecule has 1 heterocycles. The van der Waals surface area contributed by atoms with E-state index in [-0.39, 0.29) is 6.04 Å². The SMILES string of the molecule is CCN1CCNC(c2ccccc2)c2cc(Cl)ccc21. The largest absolute Gasteiger partial charge is 0.370 e. The molecule has 0 saturated heterocycles. The average Bonchev–Trinajstić information content (AvgIpc) is 2.67. The van der Waals surface area contributed by atoms with Crippen LogP contribution in [0.2, 0.25) is 5.02 Å². The van der Waals surface area contributed by atoms with Crippen molar-refractivity contribution in [2.24, 2.45) is 0 Å². The first-order valence-corrected chi connectivity index (χ1v) is 7.50. The van der Waals surface area contributed by atoms with Crippen molar-refractivity contribution < 1.29 is 0 Å². The predicted octanol–water partition coefficient (Wildman–Crippen LogP) is 3.86. The van der Waals surface area contributed by atoms with Crippen LogP contribution < -0.4 is 10.2 Å². The summed E-state index contributed by atoms with van der Waals surface area (Å²) >= 11 is 6.23. The van der Waals surface area contributed by atoms with Crippen molar-refractivity contribution in [2.45, 2.75) is 13.0 Å². The van der Waals surface area contributed by atoms with E-state index in [4.69, 9.17) is 11.6 Å². The smallest absolute Gasteiger partial charge is 0.0598 e. The van der Waals surface area contributed by atoms with Gasteiger partial charge in [0.15, 0.2) is 0 Å². The molecule has 20 heavy (non-hydrogen) atoms. The zero-order valence-electron chi connectivity index (χ0n) is 11.6. The van der Waals surface area contributed by atoms with E-state index in [1.165, 1.54) is 16.8 Å². The van der Waals surface area contributed by atoms with Crippen molar-refractivity contribution in [3.8, 4) is 0 Å². The summed E-state index contributed by atoms with van der Waals surface area (Å²) in [7, 11) is 0. The third kappa shape index (κ3) is 2.54. The Balaban J connectivity index is 2.10. The molecule has 0 amide bonds. The predicted molar refractivity (Wildman–Crippen MR) is 85.6 cm³/mol. The molecule has 2 aromatic rings. The van der Waals surface area contributed by atoms with Crippen molar-refractivity contribution in [2.75, 3.05) is 24.5 Å². The van der Waals surface area contributed by atoms with Crippen molar-refractivity contribution in [3.05, 3.63) is 64.7 Å². The van der Waals surface area contributed by atoms with Gasteiger partial charge in [0.05, 0.1) is 6.04 Å². The highest BCUT2D eigenvalue weighted by molar-refractivity contribution is 6.30. The van der Waals surface area contributed by atoms with Crippen LogP contribution in [0.3, 0.4) is 0 Å². The first-order chi connectivity index (χ1) is 9.79. The van der Waals surface area contributed by atoms with E-state index in [2.05, 4.69) is 59.6 Å². The van der Waals surface area contributed by atoms with Crippen LogP contribution in [0.1, 0.15) is 24.1 Å². The number of anilines is 1. The van der Waals surface area contributed by atoms with E-state index in [1.54, 1.807) is 0 Å². The van der Waals surface area contributed by atoms with Gasteiger partial charge in [-0.3, -0.25) is 0 Å². The van der Waals surface area contributed by atoms with E-state index in [0.29, 0.717) is 0 Å². The van der Waals surface area contributed by atoms with Gasteiger partial charge in [-0.2, -0.15) is 0 Å². The van der Waals surface area contributed by atoms with Crippen LogP contribution in [0.25, 0.3) is 0 Å². The fraction of sp³-hybridized carbons (Fsp3) is 0.294. The van der Waals surface area contributed by atoms with Gasteiger partial charge in [0.1, 0.15) is 0 Å². The van der Waals surface area contributed by atoms with Crippen LogP contribution in [0.5, 0.6) is 0 Å². The standard InChI is InChI=1S/C17H19ClN2/c1-2-20-11-10-19-17(13-6-4-3-5-7-13)15-12-14(18)8-9-16(15)20/h3-9,12,17,19H,2,10-11H2,1H3. The maximum Gasteiger partial charge on any atom is 0.0598 e. The van der Waals surface area contributed by atoms with Crippen molar-refractivity contribution in [1.29, 1.82) is 0 Å². The first-order valence-electron chi connectivity index (χ1n) is 7.12. The molecule has 3 rings (SSSR count). The second-order valence-corrected chi connectivity index (χ2v) is 5.52. The summed E-state index contributed by atoms with van der Waals surface area (Å²) in [5.41, 5.74) is 3.84. The van der Waals surface area contributed by atoms with Crippen molar-refractivity contribution >= 4 is 17.3 Å². The molecule has 2 nitrogen and oxygen atoms in total. The topological polar surface area (TPSA) is 15.3 Å². The number of hydrogen-bond acceptors (Lipinski definition) is 2. The molecule has 2 aromatic carbocycles. The Morgan fingerprint density at radius 1 is 1.20 bits per heavy atom. The molecule has 0 aliphatic carbocycles. The highest BCUT2D eigenvalue weighted by atomic mass is 35.5. The zero-order chi connectivity index (χ0) is 13.9. The van der Waals surface area contributed by atoms with Gasteiger partial charge in [-0.25, -0.2) is 0 Å². The molecule has 104 valence electrons. The summed E-state index contributed by atoms with van der Waals surface area (Å²) in [5.74, 6) is 0. The Morgan fingerprint density at radius 2 is 2.00 bits per heavy atom. The molecule has 0 aromatic heterocycles. The molecule has 0 spiro atoms. The fourth-order valence-electron chi connectivity index (χ4n) is 2.89. The summed E-state index contributed by atoms with van der Waals surface area (Å²) in [5, 5.41) is 4.44. The van der Waals surface area contributed by atoms with Gasteiger partial charge in [0, 0.05) is 30.3 Å². The zero-order valence-corrected chi connectivity index (χ0v) is 12.4. The first kappa shape index (κ1) is 13.5. The lowest BCUT2D eigenvalue weighted by atomic mass is 9.97. The minimum atomic E-state index is 0.210. The van der Waals surface area contributed by atoms with Gasteiger partial charge in [-0.15, -0.1) is 0 Å². The molecule has 0 radical (unpaired) electrons. The highest BCUT2D eigenvalue weighted by Gasteiger charge is 2.23. The summed E-state index contributed by atoms with van der Waals surface area (Å²) in [6.45, 7) is 5.20. The van der Waals surface area contributed by atoms with Gasteiger partial charge in [0.2, 0.25) is 0 Å². The van der Waals surface area contributed by atoms with E-state index in [9.17, 15) is 0 Å². The summed E-state index contributed by atoms with van der Waals surface area (Å²) in [6.07, 6.45) is 0. The lowest BCUT2D eigenvalue weighted by Crippen LogP contribution is -2.29. The van der Waals surface area contributed by atoms with E-state index < -0.39 is 0 Å². The average molecular weight is 287 g/mol. The van der Waals surface area contributed by atoms with Gasteiger partial charge >= 0.3 is 0 Å². The molecule has 1 N–H and O–H groups in total. The minimum Gasteiger partial charge on any atom is -0.370 e. The molecule has 0 fully saturated rings. The van der Waals surface area contributed by atoms with Crippen LogP contribution in [-0.2, 0) is 0 Å². The Hall–Kier alpha value is -1.51. The van der Waals surface area contributed by atoms with Crippen LogP contribution in [0.4, 0.5) is 5.69 Å². The number of benzene rings is 2. The minimum absolute atomic E-state index is 0.210. The molecule has 1 aliphatic rings. The number of hydrogen-bond donors (Lipinski definition) is 1. The molecule has 1 aliphatic heterocycles. The summed E-state index contributed by atoms with van der Waals surface area (Å²) in [4.78, 5) is 2.40. The van der Waals surface area contributed by atoms with E-state index in [1.807, 2.05) is 6.07 Å². The molecular weight excluding hydrogens is 268 g/mol. The molecule has 0 bridgehead atoms. The number of halogens is 1. The quantitative estimate of drug-likeness (QED) is 0.902. The number of nitrogens with zero attached hydrogens (tertiary/aromatic N) is 1. The second-order valence-electron chi connectivity index (χ2n) is 5.08. The Bertz CT molecular complexity index is 583. The fourth-order valence-corrected chi connectivity index (χ4v) is 3.07. The number of rotatable bonds is 2. The van der Waals surface area contributed by atoms with Crippen LogP contribution >= 0.6 is 11.6 Å². The van der Waals surface area contributed by atoms with Crippen LogP contribution in [0.15, 0.2) is 48.5 Å². The summed E-state index contributed by atoms with van der Waals surface area (Å²) in [6, 6.07) is 17.0. The Kier molecular flexibility index (Phi) is 3.95. The monoisotopic (exact) mass is 286 g/mol. The number of nitrogens with one attached hydrogen (secondary N) is 1. The molecule has 1 atom stereocenters. The van der Waals surface area contributed by atoms with Crippen molar-refractivity contribution in [3.63, 3.8) is 0 Å². The molecule has 3 heteroatoms. The van der Waals surface area contributed by atoms with E-state index in [0.717, 1.165) is 24.7 Å². The van der Waals surface area contributed by atoms with Gasteiger partial charge in [0.25, 0.3) is 0 Å². The molecule has 0 saturated carbocycles. The van der Waals surface area contributed by atoms with E-state index >= 15 is 0 Å². The maximum atomic E-state index is 6.23. The maximum absolute atomic E-state index is 6.23. The Morgan fingerprint density at radius 3 is 2.75 bits per heavy atom. The normalized spacial score (nSPS) is 18.5. The van der Waals surface area contributed by atoms with Gasteiger partial charge < -0.3 is 10.2 Å². The third-order valence-electron chi connectivity index (χ3n) is 3.89. The van der Waals surface area contributed by atoms with Crippen LogP contribution in [0, 0.1) is 0 Å². The highest BCUT2D eigenvalue weighted by Crippen LogP contribution is 2.34. The van der Waals surface area contributed by atoms with Crippen molar-refractivity contribution in [1.82, 2.24) is 5.32 Å². The second kappa shape index (κ2) is 5.86. The van der Waals surface area contributed by atoms with Gasteiger partial charge in [-0.1, -0.05) is 41.9 Å².